The Bertz CT molecular complexity index is 432. The van der Waals surface area contributed by atoms with E-state index in [9.17, 15) is 0 Å². The van der Waals surface area contributed by atoms with Crippen LogP contribution in [-0.2, 0) is 19.4 Å². The number of rotatable bonds is 2. The summed E-state index contributed by atoms with van der Waals surface area (Å²) in [5, 5.41) is 8.76. The van der Waals surface area contributed by atoms with Gasteiger partial charge in [0.05, 0.1) is 12.5 Å². The van der Waals surface area contributed by atoms with Crippen LogP contribution in [0.2, 0.25) is 0 Å². The Morgan fingerprint density at radius 1 is 1.56 bits per heavy atom. The fourth-order valence-electron chi connectivity index (χ4n) is 2.22. The maximum Gasteiger partial charge on any atom is 0.0670 e. The molecule has 0 aliphatic carbocycles. The van der Waals surface area contributed by atoms with Crippen molar-refractivity contribution in [1.29, 1.82) is 5.26 Å². The first kappa shape index (κ1) is 11.1. The number of likely N-dealkylation sites (N-methyl/N-ethyl adjacent to an activating group) is 1. The molecule has 84 valence electrons. The Morgan fingerprint density at radius 2 is 2.38 bits per heavy atom. The van der Waals surface area contributed by atoms with Crippen LogP contribution in [0.25, 0.3) is 0 Å². The van der Waals surface area contributed by atoms with Crippen LogP contribution in [0.15, 0.2) is 6.07 Å². The number of nitrogens with zero attached hydrogens (tertiary/aromatic N) is 3. The highest BCUT2D eigenvalue weighted by Crippen LogP contribution is 2.20. The predicted octanol–water partition coefficient (Wildman–Crippen LogP) is 1.83. The largest absolute Gasteiger partial charge is 0.299 e. The lowest BCUT2D eigenvalue weighted by Crippen LogP contribution is -2.31. The number of hydrogen-bond acceptors (Lipinski definition) is 3. The molecule has 0 saturated heterocycles. The van der Waals surface area contributed by atoms with Crippen molar-refractivity contribution in [2.45, 2.75) is 33.2 Å². The lowest BCUT2D eigenvalue weighted by Gasteiger charge is -2.27. The van der Waals surface area contributed by atoms with Crippen molar-refractivity contribution in [2.75, 3.05) is 13.1 Å². The minimum atomic E-state index is 0.470. The van der Waals surface area contributed by atoms with Crippen molar-refractivity contribution in [3.63, 3.8) is 0 Å². The van der Waals surface area contributed by atoms with Crippen LogP contribution in [0.1, 0.15) is 29.4 Å². The zero-order valence-corrected chi connectivity index (χ0v) is 9.95. The molecular formula is C13H17N3. The van der Waals surface area contributed by atoms with Crippen LogP contribution >= 0.6 is 0 Å². The van der Waals surface area contributed by atoms with Gasteiger partial charge in [-0.05, 0) is 30.7 Å². The maximum atomic E-state index is 8.76. The predicted molar refractivity (Wildman–Crippen MR) is 62.9 cm³/mol. The monoisotopic (exact) mass is 215 g/mol. The summed E-state index contributed by atoms with van der Waals surface area (Å²) in [7, 11) is 0. The molecule has 0 amide bonds. The van der Waals surface area contributed by atoms with Crippen LogP contribution in [0.5, 0.6) is 0 Å². The Balaban J connectivity index is 2.32. The normalized spacial score (nSPS) is 15.6. The van der Waals surface area contributed by atoms with Gasteiger partial charge in [0.1, 0.15) is 0 Å². The highest BCUT2D eigenvalue weighted by Gasteiger charge is 2.17. The van der Waals surface area contributed by atoms with E-state index in [0.29, 0.717) is 6.42 Å². The quantitative estimate of drug-likeness (QED) is 0.755. The van der Waals surface area contributed by atoms with Crippen molar-refractivity contribution >= 4 is 0 Å². The third kappa shape index (κ3) is 2.07. The average molecular weight is 215 g/mol. The number of nitriles is 1. The summed E-state index contributed by atoms with van der Waals surface area (Å²) in [4.78, 5) is 7.04. The van der Waals surface area contributed by atoms with Gasteiger partial charge in [-0.2, -0.15) is 5.26 Å². The molecule has 0 spiro atoms. The fraction of sp³-hybridized carbons (Fsp3) is 0.538. The third-order valence-corrected chi connectivity index (χ3v) is 3.26. The molecule has 0 aromatic carbocycles. The molecule has 0 unspecified atom stereocenters. The van der Waals surface area contributed by atoms with Crippen molar-refractivity contribution in [3.05, 3.63) is 28.6 Å². The molecule has 2 heterocycles. The fourth-order valence-corrected chi connectivity index (χ4v) is 2.22. The van der Waals surface area contributed by atoms with Crippen LogP contribution in [-0.4, -0.2) is 23.0 Å². The third-order valence-electron chi connectivity index (χ3n) is 3.26. The van der Waals surface area contributed by atoms with E-state index in [1.54, 1.807) is 0 Å². The van der Waals surface area contributed by atoms with E-state index in [1.807, 2.05) is 6.92 Å². The van der Waals surface area contributed by atoms with Gasteiger partial charge in [-0.15, -0.1) is 0 Å². The SMILES string of the molecule is CCN1CCc2nc(C)c(CC#N)cc2C1. The van der Waals surface area contributed by atoms with Gasteiger partial charge in [0.2, 0.25) is 0 Å². The van der Waals surface area contributed by atoms with E-state index in [4.69, 9.17) is 5.26 Å². The van der Waals surface area contributed by atoms with Gasteiger partial charge in [0.15, 0.2) is 0 Å². The van der Waals surface area contributed by atoms with E-state index in [0.717, 1.165) is 37.3 Å². The van der Waals surface area contributed by atoms with Gasteiger partial charge >= 0.3 is 0 Å². The van der Waals surface area contributed by atoms with Crippen LogP contribution < -0.4 is 0 Å². The van der Waals surface area contributed by atoms with Gasteiger partial charge in [-0.25, -0.2) is 0 Å². The van der Waals surface area contributed by atoms with Crippen LogP contribution in [0.3, 0.4) is 0 Å². The summed E-state index contributed by atoms with van der Waals surface area (Å²) < 4.78 is 0. The second kappa shape index (κ2) is 4.63. The van der Waals surface area contributed by atoms with Gasteiger partial charge in [-0.3, -0.25) is 9.88 Å². The molecule has 1 aliphatic rings. The van der Waals surface area contributed by atoms with E-state index in [-0.39, 0.29) is 0 Å². The number of fused-ring (bicyclic) bond motifs is 1. The molecule has 1 aliphatic heterocycles. The Kier molecular flexibility index (Phi) is 3.21. The first-order chi connectivity index (χ1) is 7.74. The molecule has 2 rings (SSSR count). The smallest absolute Gasteiger partial charge is 0.0670 e. The Morgan fingerprint density at radius 3 is 3.06 bits per heavy atom. The van der Waals surface area contributed by atoms with E-state index in [1.165, 1.54) is 11.3 Å². The molecule has 1 aromatic rings. The molecule has 0 radical (unpaired) electrons. The first-order valence-electron chi connectivity index (χ1n) is 5.82. The number of hydrogen-bond donors (Lipinski definition) is 0. The van der Waals surface area contributed by atoms with Crippen molar-refractivity contribution < 1.29 is 0 Å². The average Bonchev–Trinajstić information content (AvgIpc) is 2.30. The molecule has 16 heavy (non-hydrogen) atoms. The molecule has 0 bridgehead atoms. The van der Waals surface area contributed by atoms with Gasteiger partial charge in [0.25, 0.3) is 0 Å². The molecule has 1 aromatic heterocycles. The summed E-state index contributed by atoms with van der Waals surface area (Å²) in [6.07, 6.45) is 1.51. The summed E-state index contributed by atoms with van der Waals surface area (Å²) in [5.41, 5.74) is 4.64. The van der Waals surface area contributed by atoms with Crippen LogP contribution in [0, 0.1) is 18.3 Å². The minimum absolute atomic E-state index is 0.470. The molecule has 0 fully saturated rings. The van der Waals surface area contributed by atoms with Crippen molar-refractivity contribution in [2.24, 2.45) is 0 Å². The van der Waals surface area contributed by atoms with E-state index >= 15 is 0 Å². The van der Waals surface area contributed by atoms with Gasteiger partial charge in [0, 0.05) is 30.9 Å². The Hall–Kier alpha value is -1.40. The van der Waals surface area contributed by atoms with Crippen LogP contribution in [0.4, 0.5) is 0 Å². The van der Waals surface area contributed by atoms with Gasteiger partial charge in [-0.1, -0.05) is 6.92 Å². The molecule has 0 N–H and O–H groups in total. The summed E-state index contributed by atoms with van der Waals surface area (Å²) in [5.74, 6) is 0. The van der Waals surface area contributed by atoms with E-state index < -0.39 is 0 Å². The summed E-state index contributed by atoms with van der Waals surface area (Å²) >= 11 is 0. The zero-order chi connectivity index (χ0) is 11.5. The van der Waals surface area contributed by atoms with Crippen molar-refractivity contribution in [3.8, 4) is 6.07 Å². The molecule has 3 nitrogen and oxygen atoms in total. The molecule has 0 atom stereocenters. The standard InChI is InChI=1S/C13H17N3/c1-3-16-7-5-13-12(9-16)8-11(4-6-14)10(2)15-13/h8H,3-5,7,9H2,1-2H3. The second-order valence-corrected chi connectivity index (χ2v) is 4.29. The minimum Gasteiger partial charge on any atom is -0.299 e. The number of aryl methyl sites for hydroxylation is 1. The molecule has 3 heteroatoms. The lowest BCUT2D eigenvalue weighted by atomic mass is 10.0. The molecule has 0 saturated carbocycles. The topological polar surface area (TPSA) is 39.9 Å². The lowest BCUT2D eigenvalue weighted by molar-refractivity contribution is 0.265. The highest BCUT2D eigenvalue weighted by atomic mass is 15.1. The zero-order valence-electron chi connectivity index (χ0n) is 9.95. The van der Waals surface area contributed by atoms with E-state index in [2.05, 4.69) is 28.9 Å². The molecular weight excluding hydrogens is 198 g/mol. The second-order valence-electron chi connectivity index (χ2n) is 4.29. The number of aromatic nitrogens is 1. The maximum absolute atomic E-state index is 8.76. The summed E-state index contributed by atoms with van der Waals surface area (Å²) in [6, 6.07) is 4.37. The van der Waals surface area contributed by atoms with Crippen molar-refractivity contribution in [1.82, 2.24) is 9.88 Å². The summed E-state index contributed by atoms with van der Waals surface area (Å²) in [6.45, 7) is 7.36. The highest BCUT2D eigenvalue weighted by molar-refractivity contribution is 5.33. The van der Waals surface area contributed by atoms with Gasteiger partial charge < -0.3 is 0 Å². The first-order valence-corrected chi connectivity index (χ1v) is 5.82. The Labute approximate surface area is 96.7 Å². The number of pyridine rings is 1.